The average molecular weight is 393 g/mol. The molecule has 0 saturated carbocycles. The number of hydrogen-bond acceptors (Lipinski definition) is 4. The lowest BCUT2D eigenvalue weighted by Gasteiger charge is -2.10. The van der Waals surface area contributed by atoms with Crippen molar-refractivity contribution >= 4 is 39.8 Å². The largest absolute Gasteiger partial charge is 0.480 e. The van der Waals surface area contributed by atoms with E-state index in [9.17, 15) is 14.4 Å². The van der Waals surface area contributed by atoms with Crippen LogP contribution in [0.5, 0.6) is 0 Å². The molecule has 0 aliphatic rings. The molecule has 0 aliphatic heterocycles. The Morgan fingerprint density at radius 3 is 2.62 bits per heavy atom. The van der Waals surface area contributed by atoms with Gasteiger partial charge in [-0.05, 0) is 30.3 Å². The first-order valence-corrected chi connectivity index (χ1v) is 7.57. The molecule has 0 saturated heterocycles. The van der Waals surface area contributed by atoms with Gasteiger partial charge in [0.1, 0.15) is 18.0 Å². The van der Waals surface area contributed by atoms with E-state index in [1.54, 1.807) is 36.4 Å². The molecule has 1 aromatic heterocycles. The minimum Gasteiger partial charge on any atom is -0.480 e. The minimum absolute atomic E-state index is 0.129. The quantitative estimate of drug-likeness (QED) is 0.651. The van der Waals surface area contributed by atoms with Crippen LogP contribution in [-0.4, -0.2) is 29.4 Å². The van der Waals surface area contributed by atoms with Crippen LogP contribution in [0.2, 0.25) is 0 Å². The van der Waals surface area contributed by atoms with E-state index in [0.717, 1.165) is 0 Å². The Hall–Kier alpha value is -2.87. The van der Waals surface area contributed by atoms with Crippen molar-refractivity contribution in [3.63, 3.8) is 0 Å². The van der Waals surface area contributed by atoms with E-state index >= 15 is 0 Å². The lowest BCUT2D eigenvalue weighted by molar-refractivity contribution is -0.137. The van der Waals surface area contributed by atoms with Gasteiger partial charge in [0.15, 0.2) is 0 Å². The number of hydrogen-bond donors (Lipinski definition) is 3. The van der Waals surface area contributed by atoms with E-state index in [4.69, 9.17) is 9.52 Å². The van der Waals surface area contributed by atoms with Gasteiger partial charge < -0.3 is 20.2 Å². The fraction of sp³-hybridized carbons (Fsp3) is 0.0625. The molecular weight excluding hydrogens is 380 g/mol. The van der Waals surface area contributed by atoms with Crippen LogP contribution in [0.3, 0.4) is 0 Å². The second-order valence-corrected chi connectivity index (χ2v) is 5.53. The van der Waals surface area contributed by atoms with Crippen molar-refractivity contribution in [1.82, 2.24) is 10.6 Å². The summed E-state index contributed by atoms with van der Waals surface area (Å²) in [6.07, 6.45) is 2.72. The average Bonchev–Trinajstić information content (AvgIpc) is 3.05. The number of furan rings is 1. The predicted octanol–water partition coefficient (Wildman–Crippen LogP) is 2.01. The van der Waals surface area contributed by atoms with Crippen LogP contribution >= 0.6 is 15.9 Å². The van der Waals surface area contributed by atoms with Crippen LogP contribution < -0.4 is 10.6 Å². The van der Waals surface area contributed by atoms with Gasteiger partial charge in [-0.1, -0.05) is 22.0 Å². The molecular formula is C16H13BrN2O5. The fourth-order valence-electron chi connectivity index (χ4n) is 1.75. The summed E-state index contributed by atoms with van der Waals surface area (Å²) in [5.74, 6) is -2.11. The van der Waals surface area contributed by atoms with Gasteiger partial charge >= 0.3 is 5.97 Å². The van der Waals surface area contributed by atoms with Crippen molar-refractivity contribution in [2.75, 3.05) is 6.54 Å². The summed E-state index contributed by atoms with van der Waals surface area (Å²) in [5.41, 5.74) is 0.205. The number of amides is 2. The monoisotopic (exact) mass is 392 g/mol. The molecule has 8 heteroatoms. The summed E-state index contributed by atoms with van der Waals surface area (Å²) in [4.78, 5) is 35.0. The Bertz CT molecular complexity index is 784. The van der Waals surface area contributed by atoms with Crippen molar-refractivity contribution in [1.29, 1.82) is 0 Å². The van der Waals surface area contributed by atoms with Gasteiger partial charge in [0.25, 0.3) is 11.8 Å². The number of carbonyl (C=O) groups is 3. The second-order valence-electron chi connectivity index (χ2n) is 4.61. The topological polar surface area (TPSA) is 109 Å². The molecule has 1 aromatic carbocycles. The molecule has 0 radical (unpaired) electrons. The van der Waals surface area contributed by atoms with Crippen molar-refractivity contribution < 1.29 is 23.9 Å². The highest BCUT2D eigenvalue weighted by Crippen LogP contribution is 2.12. The van der Waals surface area contributed by atoms with E-state index in [-0.39, 0.29) is 5.70 Å². The van der Waals surface area contributed by atoms with Gasteiger partial charge in [-0.3, -0.25) is 14.4 Å². The zero-order chi connectivity index (χ0) is 17.5. The molecule has 0 spiro atoms. The van der Waals surface area contributed by atoms with Crippen molar-refractivity contribution in [3.05, 3.63) is 64.2 Å². The minimum atomic E-state index is -1.20. The molecule has 0 bridgehead atoms. The van der Waals surface area contributed by atoms with Crippen molar-refractivity contribution in [2.24, 2.45) is 0 Å². The molecule has 1 heterocycles. The third-order valence-electron chi connectivity index (χ3n) is 2.81. The van der Waals surface area contributed by atoms with Gasteiger partial charge in [0.05, 0.1) is 6.26 Å². The first-order valence-electron chi connectivity index (χ1n) is 6.78. The molecule has 7 nitrogen and oxygen atoms in total. The maximum atomic E-state index is 12.3. The van der Waals surface area contributed by atoms with Crippen LogP contribution in [0.4, 0.5) is 0 Å². The van der Waals surface area contributed by atoms with E-state index < -0.39 is 24.3 Å². The van der Waals surface area contributed by atoms with E-state index in [1.807, 2.05) is 0 Å². The van der Waals surface area contributed by atoms with Gasteiger partial charge in [-0.15, -0.1) is 0 Å². The SMILES string of the molecule is O=C(O)CNC(=O)/C(=C/c1ccco1)NC(=O)c1cccc(Br)c1. The summed E-state index contributed by atoms with van der Waals surface area (Å²) in [7, 11) is 0. The number of rotatable bonds is 6. The number of carboxylic acids is 1. The summed E-state index contributed by atoms with van der Waals surface area (Å²) in [5, 5.41) is 13.3. The zero-order valence-corrected chi connectivity index (χ0v) is 13.9. The molecule has 0 unspecified atom stereocenters. The molecule has 24 heavy (non-hydrogen) atoms. The number of nitrogens with one attached hydrogen (secondary N) is 2. The summed E-state index contributed by atoms with van der Waals surface area (Å²) in [6.45, 7) is -0.568. The summed E-state index contributed by atoms with van der Waals surface area (Å²) < 4.78 is 5.82. The number of halogens is 1. The third kappa shape index (κ3) is 5.10. The Morgan fingerprint density at radius 1 is 1.21 bits per heavy atom. The van der Waals surface area contributed by atoms with Gasteiger partial charge in [-0.2, -0.15) is 0 Å². The Balaban J connectivity index is 2.21. The van der Waals surface area contributed by atoms with Crippen LogP contribution in [0.15, 0.2) is 57.2 Å². The van der Waals surface area contributed by atoms with Crippen molar-refractivity contribution in [3.8, 4) is 0 Å². The molecule has 2 amide bonds. The Labute approximate surface area is 145 Å². The molecule has 2 aromatic rings. The van der Waals surface area contributed by atoms with Crippen LogP contribution in [0, 0.1) is 0 Å². The molecule has 0 fully saturated rings. The Morgan fingerprint density at radius 2 is 2.00 bits per heavy atom. The van der Waals surface area contributed by atoms with Crippen LogP contribution in [0.25, 0.3) is 6.08 Å². The molecule has 3 N–H and O–H groups in total. The second kappa shape index (κ2) is 8.11. The van der Waals surface area contributed by atoms with Gasteiger partial charge in [0, 0.05) is 16.1 Å². The van der Waals surface area contributed by atoms with Crippen molar-refractivity contribution in [2.45, 2.75) is 0 Å². The summed E-state index contributed by atoms with van der Waals surface area (Å²) in [6, 6.07) is 9.83. The molecule has 2 rings (SSSR count). The lowest BCUT2D eigenvalue weighted by Crippen LogP contribution is -2.37. The van der Waals surface area contributed by atoms with E-state index in [1.165, 1.54) is 12.3 Å². The first kappa shape index (κ1) is 17.5. The summed E-state index contributed by atoms with van der Waals surface area (Å²) >= 11 is 3.26. The maximum absolute atomic E-state index is 12.3. The van der Waals surface area contributed by atoms with Gasteiger partial charge in [0.2, 0.25) is 0 Å². The highest BCUT2D eigenvalue weighted by Gasteiger charge is 2.16. The first-order chi connectivity index (χ1) is 11.5. The smallest absolute Gasteiger partial charge is 0.322 e. The number of benzene rings is 1. The zero-order valence-electron chi connectivity index (χ0n) is 12.3. The van der Waals surface area contributed by atoms with Gasteiger partial charge in [-0.25, -0.2) is 0 Å². The molecule has 0 atom stereocenters. The standard InChI is InChI=1S/C16H13BrN2O5/c17-11-4-1-3-10(7-11)15(22)19-13(8-12-5-2-6-24-12)16(23)18-9-14(20)21/h1-8H,9H2,(H,18,23)(H,19,22)(H,20,21)/b13-8-. The highest BCUT2D eigenvalue weighted by atomic mass is 79.9. The predicted molar refractivity (Wildman–Crippen MR) is 88.9 cm³/mol. The van der Waals surface area contributed by atoms with Crippen LogP contribution in [-0.2, 0) is 9.59 Å². The third-order valence-corrected chi connectivity index (χ3v) is 3.30. The lowest BCUT2D eigenvalue weighted by atomic mass is 10.2. The maximum Gasteiger partial charge on any atom is 0.322 e. The van der Waals surface area contributed by atoms with Crippen LogP contribution in [0.1, 0.15) is 16.1 Å². The van der Waals surface area contributed by atoms with E-state index in [0.29, 0.717) is 15.8 Å². The fourth-order valence-corrected chi connectivity index (χ4v) is 2.15. The highest BCUT2D eigenvalue weighted by molar-refractivity contribution is 9.10. The molecule has 0 aliphatic carbocycles. The Kier molecular flexibility index (Phi) is 5.91. The molecule has 124 valence electrons. The normalized spacial score (nSPS) is 11.0. The number of aliphatic carboxylic acids is 1. The number of carboxylic acid groups (broad SMARTS) is 1. The number of carbonyl (C=O) groups excluding carboxylic acids is 2. The van der Waals surface area contributed by atoms with E-state index in [2.05, 4.69) is 26.6 Å².